The van der Waals surface area contributed by atoms with Crippen LogP contribution in [0.2, 0.25) is 0 Å². The molecule has 8 nitrogen and oxygen atoms in total. The number of hydrogen-bond donors (Lipinski definition) is 3. The number of hydrogen-bond acceptors (Lipinski definition) is 8. The number of benzene rings is 1. The predicted octanol–water partition coefficient (Wildman–Crippen LogP) is 3.88. The topological polar surface area (TPSA) is 101 Å². The minimum atomic E-state index is -0.480. The Hall–Kier alpha value is -3.78. The molecule has 1 unspecified atom stereocenters. The van der Waals surface area contributed by atoms with Gasteiger partial charge in [0.2, 0.25) is 0 Å². The summed E-state index contributed by atoms with van der Waals surface area (Å²) in [4.78, 5) is 25.1. The molecule has 0 spiro atoms. The van der Waals surface area contributed by atoms with E-state index < -0.39 is 6.04 Å². The minimum Gasteiger partial charge on any atom is -0.467 e. The number of anilines is 2. The van der Waals surface area contributed by atoms with Crippen LogP contribution >= 0.6 is 0 Å². The van der Waals surface area contributed by atoms with Gasteiger partial charge in [0, 0.05) is 29.2 Å². The van der Waals surface area contributed by atoms with Gasteiger partial charge in [0.1, 0.15) is 18.1 Å². The molecule has 2 aliphatic rings. The van der Waals surface area contributed by atoms with Gasteiger partial charge in [0.15, 0.2) is 0 Å². The molecule has 1 atom stereocenters. The van der Waals surface area contributed by atoms with Crippen LogP contribution in [0.4, 0.5) is 11.5 Å². The van der Waals surface area contributed by atoms with Crippen molar-refractivity contribution in [2.24, 2.45) is 0 Å². The number of rotatable bonds is 6. The van der Waals surface area contributed by atoms with Crippen molar-refractivity contribution in [3.8, 4) is 17.3 Å². The van der Waals surface area contributed by atoms with Crippen LogP contribution in [0, 0.1) is 6.92 Å². The van der Waals surface area contributed by atoms with Gasteiger partial charge in [-0.05, 0) is 85.9 Å². The Bertz CT molecular complexity index is 1220. The van der Waals surface area contributed by atoms with Crippen LogP contribution in [0.3, 0.4) is 0 Å². The standard InChI is InChI=1S/C26H28N6O2/c1-16-11-20(3-4-21(16)17-5-8-27-9-6-17)31-25-24-18(7-10-28-23(24)15-33)12-22(32-25)19-13-29-26(34-2)30-14-19/h3-4,7,10-15,17,23,27-28H,5-6,8-9H2,1-2H3,(H,31,32). The SMILES string of the molecule is COc1ncc(-c2cc3c(c(Nc4ccc(C5CCNCC5)c(C)c4)n2)C(C=O)NC=C3)cn1. The molecule has 0 bridgehead atoms. The quantitative estimate of drug-likeness (QED) is 0.481. The number of piperidine rings is 1. The van der Waals surface area contributed by atoms with Gasteiger partial charge in [-0.1, -0.05) is 6.07 Å². The lowest BCUT2D eigenvalue weighted by molar-refractivity contribution is -0.109. The number of carbonyl (C=O) groups is 1. The average Bonchev–Trinajstić information content (AvgIpc) is 2.89. The summed E-state index contributed by atoms with van der Waals surface area (Å²) in [5, 5.41) is 10.0. The molecule has 2 aromatic heterocycles. The van der Waals surface area contributed by atoms with Crippen molar-refractivity contribution in [1.29, 1.82) is 0 Å². The number of carbonyl (C=O) groups excluding carboxylic acids is 1. The van der Waals surface area contributed by atoms with Crippen LogP contribution in [0.1, 0.15) is 47.1 Å². The van der Waals surface area contributed by atoms with Crippen molar-refractivity contribution in [1.82, 2.24) is 25.6 Å². The molecule has 3 N–H and O–H groups in total. The molecule has 8 heteroatoms. The first-order valence-corrected chi connectivity index (χ1v) is 11.5. The third-order valence-corrected chi connectivity index (χ3v) is 6.49. The van der Waals surface area contributed by atoms with Gasteiger partial charge in [-0.25, -0.2) is 15.0 Å². The van der Waals surface area contributed by atoms with E-state index >= 15 is 0 Å². The van der Waals surface area contributed by atoms with Crippen LogP contribution in [-0.2, 0) is 4.79 Å². The van der Waals surface area contributed by atoms with E-state index in [1.54, 1.807) is 18.6 Å². The highest BCUT2D eigenvalue weighted by atomic mass is 16.5. The lowest BCUT2D eigenvalue weighted by Crippen LogP contribution is -2.26. The summed E-state index contributed by atoms with van der Waals surface area (Å²) in [5.74, 6) is 1.22. The number of aromatic nitrogens is 3. The molecule has 34 heavy (non-hydrogen) atoms. The zero-order valence-electron chi connectivity index (χ0n) is 19.3. The molecular formula is C26H28N6O2. The number of pyridine rings is 1. The third-order valence-electron chi connectivity index (χ3n) is 6.49. The van der Waals surface area contributed by atoms with Gasteiger partial charge in [0.05, 0.1) is 12.8 Å². The molecule has 2 aliphatic heterocycles. The van der Waals surface area contributed by atoms with E-state index in [9.17, 15) is 4.79 Å². The Balaban J connectivity index is 1.52. The van der Waals surface area contributed by atoms with Gasteiger partial charge in [-0.2, -0.15) is 0 Å². The first-order chi connectivity index (χ1) is 16.7. The number of ether oxygens (including phenoxy) is 1. The zero-order chi connectivity index (χ0) is 23.5. The average molecular weight is 457 g/mol. The van der Waals surface area contributed by atoms with Crippen molar-refractivity contribution in [3.05, 3.63) is 65.1 Å². The predicted molar refractivity (Wildman–Crippen MR) is 132 cm³/mol. The highest BCUT2D eigenvalue weighted by Crippen LogP contribution is 2.35. The van der Waals surface area contributed by atoms with Crippen LogP contribution in [-0.4, -0.2) is 41.4 Å². The van der Waals surface area contributed by atoms with Crippen LogP contribution < -0.4 is 20.7 Å². The number of aldehydes is 1. The normalized spacial score (nSPS) is 17.5. The van der Waals surface area contributed by atoms with E-state index in [0.717, 1.165) is 54.6 Å². The lowest BCUT2D eigenvalue weighted by atomic mass is 9.87. The Kier molecular flexibility index (Phi) is 6.22. The maximum atomic E-state index is 11.8. The van der Waals surface area contributed by atoms with Crippen LogP contribution in [0.25, 0.3) is 17.3 Å². The fraction of sp³-hybridized carbons (Fsp3) is 0.308. The minimum absolute atomic E-state index is 0.300. The van der Waals surface area contributed by atoms with Crippen LogP contribution in [0.15, 0.2) is 42.9 Å². The fourth-order valence-corrected chi connectivity index (χ4v) is 4.75. The number of nitrogens with zero attached hydrogens (tertiary/aromatic N) is 3. The summed E-state index contributed by atoms with van der Waals surface area (Å²) in [6.45, 7) is 4.29. The molecule has 1 aromatic carbocycles. The van der Waals surface area contributed by atoms with Crippen molar-refractivity contribution >= 4 is 23.9 Å². The summed E-state index contributed by atoms with van der Waals surface area (Å²) in [7, 11) is 1.53. The van der Waals surface area contributed by atoms with Gasteiger partial charge in [-0.3, -0.25) is 0 Å². The van der Waals surface area contributed by atoms with Crippen LogP contribution in [0.5, 0.6) is 6.01 Å². The summed E-state index contributed by atoms with van der Waals surface area (Å²) >= 11 is 0. The number of fused-ring (bicyclic) bond motifs is 1. The molecule has 1 fully saturated rings. The molecule has 0 amide bonds. The van der Waals surface area contributed by atoms with Gasteiger partial charge in [0.25, 0.3) is 0 Å². The second-order valence-electron chi connectivity index (χ2n) is 8.65. The van der Waals surface area contributed by atoms with E-state index in [4.69, 9.17) is 9.72 Å². The summed E-state index contributed by atoms with van der Waals surface area (Å²) in [6, 6.07) is 8.25. The molecule has 3 aromatic rings. The first kappa shape index (κ1) is 22.0. The lowest BCUT2D eigenvalue weighted by Gasteiger charge is -2.25. The monoisotopic (exact) mass is 456 g/mol. The molecule has 174 valence electrons. The molecular weight excluding hydrogens is 428 g/mol. The fourth-order valence-electron chi connectivity index (χ4n) is 4.75. The van der Waals surface area contributed by atoms with Crippen molar-refractivity contribution in [2.45, 2.75) is 31.7 Å². The Labute approximate surface area is 198 Å². The van der Waals surface area contributed by atoms with E-state index in [1.165, 1.54) is 18.2 Å². The second kappa shape index (κ2) is 9.61. The van der Waals surface area contributed by atoms with Crippen molar-refractivity contribution < 1.29 is 9.53 Å². The first-order valence-electron chi connectivity index (χ1n) is 11.5. The summed E-state index contributed by atoms with van der Waals surface area (Å²) < 4.78 is 5.07. The molecule has 1 saturated heterocycles. The highest BCUT2D eigenvalue weighted by molar-refractivity contribution is 5.80. The second-order valence-corrected chi connectivity index (χ2v) is 8.65. The molecule has 4 heterocycles. The molecule has 0 radical (unpaired) electrons. The Morgan fingerprint density at radius 1 is 1.15 bits per heavy atom. The maximum Gasteiger partial charge on any atom is 0.316 e. The third kappa shape index (κ3) is 4.36. The Morgan fingerprint density at radius 2 is 1.94 bits per heavy atom. The summed E-state index contributed by atoms with van der Waals surface area (Å²) in [6.07, 6.45) is 10.3. The van der Waals surface area contributed by atoms with Crippen molar-refractivity contribution in [3.63, 3.8) is 0 Å². The molecule has 0 saturated carbocycles. The number of nitrogens with one attached hydrogen (secondary N) is 3. The maximum absolute atomic E-state index is 11.8. The van der Waals surface area contributed by atoms with Gasteiger partial charge < -0.3 is 25.5 Å². The largest absolute Gasteiger partial charge is 0.467 e. The molecule has 5 rings (SSSR count). The zero-order valence-corrected chi connectivity index (χ0v) is 19.3. The highest BCUT2D eigenvalue weighted by Gasteiger charge is 2.23. The van der Waals surface area contributed by atoms with E-state index in [2.05, 4.69) is 51.0 Å². The Morgan fingerprint density at radius 3 is 2.65 bits per heavy atom. The van der Waals surface area contributed by atoms with Gasteiger partial charge in [-0.15, -0.1) is 0 Å². The van der Waals surface area contributed by atoms with E-state index in [-0.39, 0.29) is 0 Å². The van der Waals surface area contributed by atoms with Gasteiger partial charge >= 0.3 is 6.01 Å². The molecule has 0 aliphatic carbocycles. The van der Waals surface area contributed by atoms with E-state index in [0.29, 0.717) is 23.4 Å². The number of aryl methyl sites for hydroxylation is 1. The van der Waals surface area contributed by atoms with Crippen molar-refractivity contribution in [2.75, 3.05) is 25.5 Å². The summed E-state index contributed by atoms with van der Waals surface area (Å²) in [5.41, 5.74) is 6.81. The number of methoxy groups -OCH3 is 1. The van der Waals surface area contributed by atoms with E-state index in [1.807, 2.05) is 12.1 Å². The smallest absolute Gasteiger partial charge is 0.316 e.